The fourth-order valence-electron chi connectivity index (χ4n) is 4.33. The molecule has 0 aliphatic heterocycles. The Hall–Kier alpha value is -5.71. The first-order chi connectivity index (χ1) is 25.2. The van der Waals surface area contributed by atoms with Gasteiger partial charge < -0.3 is 25.1 Å². The molecule has 0 N–H and O–H groups in total. The average molecular weight is 858 g/mol. The van der Waals surface area contributed by atoms with Crippen LogP contribution in [0.2, 0.25) is 0 Å². The number of halogens is 3. The third-order valence-electron chi connectivity index (χ3n) is 6.49. The summed E-state index contributed by atoms with van der Waals surface area (Å²) in [5, 5.41) is 16.9. The molecule has 0 fully saturated rings. The van der Waals surface area contributed by atoms with Crippen molar-refractivity contribution in [2.45, 2.75) is 6.18 Å². The molecule has 0 radical (unpaired) electrons. The summed E-state index contributed by atoms with van der Waals surface area (Å²) in [7, 11) is 0. The first-order valence-electron chi connectivity index (χ1n) is 14.4. The minimum absolute atomic E-state index is 0. The fraction of sp³-hybridized carbons (Fsp3) is 0.0294. The van der Waals surface area contributed by atoms with Gasteiger partial charge in [0.1, 0.15) is 17.2 Å². The number of thiophene rings is 2. The number of hydrogen-bond donors (Lipinski definition) is 0. The van der Waals surface area contributed by atoms with Crippen LogP contribution >= 0.6 is 34.9 Å². The van der Waals surface area contributed by atoms with Crippen molar-refractivity contribution in [1.82, 2.24) is 35.1 Å². The number of nitrogens with zero attached hydrogens (tertiary/aromatic N) is 8. The zero-order valence-electron chi connectivity index (χ0n) is 26.4. The Morgan fingerprint density at radius 1 is 0.774 bits per heavy atom. The Bertz CT molecular complexity index is 2300. The summed E-state index contributed by atoms with van der Waals surface area (Å²) in [6.07, 6.45) is 2.86. The van der Waals surface area contributed by atoms with Gasteiger partial charge in [0.25, 0.3) is 12.9 Å². The molecule has 7 rings (SSSR count). The van der Waals surface area contributed by atoms with Gasteiger partial charge in [0.15, 0.2) is 0 Å². The van der Waals surface area contributed by atoms with Crippen molar-refractivity contribution in [2.75, 3.05) is 0 Å². The quantitative estimate of drug-likeness (QED) is 0.0597. The van der Waals surface area contributed by atoms with E-state index in [1.54, 1.807) is 53.1 Å². The molecule has 0 bridgehead atoms. The van der Waals surface area contributed by atoms with Crippen LogP contribution in [0.5, 0.6) is 11.5 Å². The predicted molar refractivity (Wildman–Crippen MR) is 190 cm³/mol. The van der Waals surface area contributed by atoms with Crippen LogP contribution < -0.4 is 14.6 Å². The molecule has 0 amide bonds. The van der Waals surface area contributed by atoms with E-state index >= 15 is 0 Å². The number of ether oxygens (including phenoxy) is 2. The summed E-state index contributed by atoms with van der Waals surface area (Å²) in [6, 6.07) is 19.4. The fourth-order valence-corrected chi connectivity index (χ4v) is 6.17. The van der Waals surface area contributed by atoms with E-state index in [9.17, 15) is 22.8 Å². The zero-order chi connectivity index (χ0) is 36.9. The summed E-state index contributed by atoms with van der Waals surface area (Å²) >= 11 is 7.11. The Kier molecular flexibility index (Phi) is 14.5. The van der Waals surface area contributed by atoms with E-state index in [4.69, 9.17) is 14.9 Å². The first-order valence-corrected chi connectivity index (χ1v) is 16.5. The van der Waals surface area contributed by atoms with Crippen molar-refractivity contribution in [3.63, 3.8) is 0 Å². The Morgan fingerprint density at radius 3 is 2.04 bits per heavy atom. The molecule has 0 aliphatic carbocycles. The molecule has 0 aromatic carbocycles. The number of rotatable bonds is 9. The molecule has 0 aliphatic rings. The van der Waals surface area contributed by atoms with Crippen molar-refractivity contribution in [3.05, 3.63) is 114 Å². The second kappa shape index (κ2) is 19.2. The minimum atomic E-state index is -4.48. The van der Waals surface area contributed by atoms with Crippen molar-refractivity contribution in [1.29, 1.82) is 0 Å². The maximum Gasteiger partial charge on any atom is 2.00 e. The van der Waals surface area contributed by atoms with Gasteiger partial charge in [-0.15, -0.1) is 22.7 Å². The van der Waals surface area contributed by atoms with Crippen molar-refractivity contribution >= 4 is 53.0 Å². The van der Waals surface area contributed by atoms with Crippen LogP contribution in [0.1, 0.15) is 5.69 Å². The second-order valence-corrected chi connectivity index (χ2v) is 12.0. The normalized spacial score (nSPS) is 10.2. The molecule has 0 spiro atoms. The molecule has 266 valence electrons. The van der Waals surface area contributed by atoms with E-state index in [0.29, 0.717) is 47.2 Å². The number of hydrogen-bond acceptors (Lipinski definition) is 13. The number of thiocarbonyl (C=S) groups is 1. The maximum absolute atomic E-state index is 12.2. The monoisotopic (exact) mass is 858 g/mol. The van der Waals surface area contributed by atoms with Crippen molar-refractivity contribution < 1.29 is 51.7 Å². The number of carbonyl (C=O) groups is 2. The molecule has 7 aromatic heterocycles. The Labute approximate surface area is 324 Å². The van der Waals surface area contributed by atoms with Crippen LogP contribution in [0.3, 0.4) is 0 Å². The van der Waals surface area contributed by atoms with E-state index < -0.39 is 11.9 Å². The molecular weight excluding hydrogens is 839 g/mol. The van der Waals surface area contributed by atoms with E-state index in [2.05, 4.69) is 70.9 Å². The van der Waals surface area contributed by atoms with Crippen LogP contribution in [0.4, 0.5) is 13.2 Å². The van der Waals surface area contributed by atoms with Crippen molar-refractivity contribution in [3.8, 4) is 65.9 Å². The largest absolute Gasteiger partial charge is 2.00 e. The van der Waals surface area contributed by atoms with Gasteiger partial charge in [-0.2, -0.15) is 18.3 Å². The number of aromatic nitrogens is 7. The number of carbonyl (C=O) groups excluding carboxylic acids is 2. The van der Waals surface area contributed by atoms with Gasteiger partial charge in [-0.1, -0.05) is 24.0 Å². The van der Waals surface area contributed by atoms with Gasteiger partial charge >= 0.3 is 25.7 Å². The van der Waals surface area contributed by atoms with E-state index in [1.165, 1.54) is 39.7 Å². The van der Waals surface area contributed by atoms with Gasteiger partial charge in [-0.3, -0.25) is 29.5 Å². The van der Waals surface area contributed by atoms with Crippen LogP contribution in [-0.4, -0.2) is 48.1 Å². The third-order valence-corrected chi connectivity index (χ3v) is 8.69. The van der Waals surface area contributed by atoms with Crippen LogP contribution in [0.25, 0.3) is 59.8 Å². The molecule has 12 nitrogen and oxygen atoms in total. The van der Waals surface area contributed by atoms with Gasteiger partial charge in [0.05, 0.1) is 34.7 Å². The standard InChI is InChI=1S/C25H15N3O4S2.C8H4F3N4.CNS.Ru/c29-14-31-17-6-8-27-20(11-17)22-13-18(32-15-30)12-21(28-22)19-10-16(5-7-26-19)23-3-4-25(34-23)24-2-1-9-33-24;9-8(10,11)7-3-5(14-15-7)6-4-12-1-2-13-6;2-1-3;/h1-15H;1-4H;;/q;2*-1;+2. The summed E-state index contributed by atoms with van der Waals surface area (Å²) in [4.78, 5) is 46.2. The number of alkyl halides is 3. The smallest absolute Gasteiger partial charge is 0.753 e. The molecule has 53 heavy (non-hydrogen) atoms. The summed E-state index contributed by atoms with van der Waals surface area (Å²) in [6.45, 7) is 0.692. The van der Waals surface area contributed by atoms with Gasteiger partial charge in [0, 0.05) is 57.6 Å². The van der Waals surface area contributed by atoms with Crippen LogP contribution in [-0.2, 0) is 35.2 Å². The topological polar surface area (TPSA) is 166 Å². The molecule has 7 heterocycles. The Morgan fingerprint density at radius 2 is 1.42 bits per heavy atom. The van der Waals surface area contributed by atoms with E-state index in [-0.39, 0.29) is 30.9 Å². The maximum atomic E-state index is 12.2. The Balaban J connectivity index is 0.000000276. The summed E-state index contributed by atoms with van der Waals surface area (Å²) in [5.41, 5.74) is 2.32. The predicted octanol–water partition coefficient (Wildman–Crippen LogP) is 7.90. The SMILES string of the molecule is FC(F)(F)c1cc(-c2cnccn2)[n-]n1.O=COc1ccnc(-c2cc(OC=O)cc(-c3cc(-c4ccc(-c5cccs5)s4)ccn3)n2)c1.[N-]=C=S.[Ru+2]. The summed E-state index contributed by atoms with van der Waals surface area (Å²) in [5.74, 6) is 0.617. The second-order valence-electron chi connectivity index (χ2n) is 9.74. The van der Waals surface area contributed by atoms with E-state index in [0.717, 1.165) is 16.5 Å². The molecule has 19 heteroatoms. The van der Waals surface area contributed by atoms with Crippen LogP contribution in [0, 0.1) is 0 Å². The molecule has 7 aromatic rings. The first kappa shape index (κ1) is 40.1. The zero-order valence-corrected chi connectivity index (χ0v) is 30.6. The average Bonchev–Trinajstić information content (AvgIpc) is 3.96. The van der Waals surface area contributed by atoms with Gasteiger partial charge in [-0.25, -0.2) is 4.98 Å². The molecule has 0 atom stereocenters. The third kappa shape index (κ3) is 10.9. The van der Waals surface area contributed by atoms with Crippen molar-refractivity contribution in [2.24, 2.45) is 0 Å². The van der Waals surface area contributed by atoms with Crippen LogP contribution in [0.15, 0.2) is 103 Å². The van der Waals surface area contributed by atoms with Gasteiger partial charge in [0.2, 0.25) is 0 Å². The van der Waals surface area contributed by atoms with E-state index in [1.807, 2.05) is 18.2 Å². The molecular formula is C34H19F3N8O4RuS3. The molecule has 0 saturated heterocycles. The van der Waals surface area contributed by atoms with Gasteiger partial charge in [-0.05, 0) is 53.4 Å². The minimum Gasteiger partial charge on any atom is -0.753 e. The summed E-state index contributed by atoms with van der Waals surface area (Å²) < 4.78 is 46.6. The number of isothiocyanates is 1. The molecule has 0 unspecified atom stereocenters. The number of pyridine rings is 3. The molecule has 0 saturated carbocycles.